The molecule has 1 aromatic rings. The lowest BCUT2D eigenvalue weighted by molar-refractivity contribution is 0.101. The second-order valence-corrected chi connectivity index (χ2v) is 5.41. The number of rotatable bonds is 2. The van der Waals surface area contributed by atoms with E-state index in [4.69, 9.17) is 5.11 Å². The molecule has 0 bridgehead atoms. The molecule has 1 fully saturated rings. The van der Waals surface area contributed by atoms with E-state index in [0.717, 1.165) is 5.92 Å². The smallest absolute Gasteiger partial charge is 0.159 e. The Hall–Kier alpha value is -0.830. The van der Waals surface area contributed by atoms with Crippen molar-refractivity contribution < 1.29 is 9.90 Å². The van der Waals surface area contributed by atoms with E-state index in [0.29, 0.717) is 5.56 Å². The Morgan fingerprint density at radius 3 is 2.39 bits per heavy atom. The topological polar surface area (TPSA) is 37.3 Å². The standard InChI is InChI=1S/C8H8O2.C7H13Br/c1-6(9)7-3-2-4-8(10)5-7;8-6-7-4-2-1-3-5-7/h2-5,10H,1H3;7H,1-6H2. The maximum absolute atomic E-state index is 10.7. The molecule has 0 unspecified atom stereocenters. The molecular weight excluding hydrogens is 292 g/mol. The van der Waals surface area contributed by atoms with Gasteiger partial charge in [-0.3, -0.25) is 4.79 Å². The van der Waals surface area contributed by atoms with Crippen molar-refractivity contribution in [3.05, 3.63) is 29.8 Å². The van der Waals surface area contributed by atoms with Gasteiger partial charge in [-0.15, -0.1) is 0 Å². The molecule has 1 aliphatic rings. The first-order valence-corrected chi connectivity index (χ1v) is 7.61. The lowest BCUT2D eigenvalue weighted by Crippen LogP contribution is -2.06. The summed E-state index contributed by atoms with van der Waals surface area (Å²) in [7, 11) is 0. The highest BCUT2D eigenvalue weighted by molar-refractivity contribution is 9.09. The van der Waals surface area contributed by atoms with Gasteiger partial charge in [-0.05, 0) is 37.8 Å². The van der Waals surface area contributed by atoms with Crippen LogP contribution in [0.25, 0.3) is 0 Å². The van der Waals surface area contributed by atoms with Crippen LogP contribution in [-0.4, -0.2) is 16.2 Å². The minimum atomic E-state index is -0.0316. The Morgan fingerprint density at radius 1 is 1.33 bits per heavy atom. The fourth-order valence-electron chi connectivity index (χ4n) is 2.07. The molecule has 1 aliphatic carbocycles. The molecule has 0 saturated heterocycles. The summed E-state index contributed by atoms with van der Waals surface area (Å²) < 4.78 is 0. The van der Waals surface area contributed by atoms with E-state index in [1.165, 1.54) is 56.5 Å². The molecule has 0 heterocycles. The first-order valence-electron chi connectivity index (χ1n) is 6.49. The molecule has 1 aromatic carbocycles. The van der Waals surface area contributed by atoms with Crippen molar-refractivity contribution in [2.24, 2.45) is 5.92 Å². The van der Waals surface area contributed by atoms with Crippen molar-refractivity contribution in [2.45, 2.75) is 39.0 Å². The Kier molecular flexibility index (Phi) is 7.02. The monoisotopic (exact) mass is 312 g/mol. The molecule has 0 radical (unpaired) electrons. The Bertz CT molecular complexity index is 371. The molecule has 1 N–H and O–H groups in total. The zero-order chi connectivity index (χ0) is 13.4. The van der Waals surface area contributed by atoms with Crippen molar-refractivity contribution in [3.63, 3.8) is 0 Å². The highest BCUT2D eigenvalue weighted by Gasteiger charge is 2.10. The average molecular weight is 313 g/mol. The first-order chi connectivity index (χ1) is 8.63. The van der Waals surface area contributed by atoms with E-state index in [1.807, 2.05) is 0 Å². The van der Waals surface area contributed by atoms with E-state index < -0.39 is 0 Å². The number of hydrogen-bond acceptors (Lipinski definition) is 2. The van der Waals surface area contributed by atoms with Crippen LogP contribution in [0, 0.1) is 5.92 Å². The van der Waals surface area contributed by atoms with Gasteiger partial charge in [-0.1, -0.05) is 47.3 Å². The van der Waals surface area contributed by atoms with Crippen LogP contribution in [0.15, 0.2) is 24.3 Å². The van der Waals surface area contributed by atoms with E-state index in [2.05, 4.69) is 15.9 Å². The Morgan fingerprint density at radius 2 is 2.00 bits per heavy atom. The van der Waals surface area contributed by atoms with Crippen molar-refractivity contribution in [3.8, 4) is 5.75 Å². The zero-order valence-corrected chi connectivity index (χ0v) is 12.4. The zero-order valence-electron chi connectivity index (χ0n) is 10.9. The van der Waals surface area contributed by atoms with Gasteiger partial charge in [0.25, 0.3) is 0 Å². The normalized spacial score (nSPS) is 15.7. The van der Waals surface area contributed by atoms with Crippen molar-refractivity contribution in [1.29, 1.82) is 0 Å². The number of phenolic OH excluding ortho intramolecular Hbond substituents is 1. The quantitative estimate of drug-likeness (QED) is 0.642. The number of carbonyl (C=O) groups is 1. The number of halogens is 1. The van der Waals surface area contributed by atoms with Crippen LogP contribution in [0.3, 0.4) is 0 Å². The second kappa shape index (κ2) is 8.30. The molecule has 100 valence electrons. The van der Waals surface area contributed by atoms with Crippen molar-refractivity contribution in [1.82, 2.24) is 0 Å². The summed E-state index contributed by atoms with van der Waals surface area (Å²) in [6.45, 7) is 1.47. The third kappa shape index (κ3) is 5.67. The molecule has 0 aromatic heterocycles. The van der Waals surface area contributed by atoms with Crippen LogP contribution in [0.2, 0.25) is 0 Å². The SMILES string of the molecule is BrCC1CCCCC1.CC(=O)c1cccc(O)c1. The average Bonchev–Trinajstić information content (AvgIpc) is 2.40. The van der Waals surface area contributed by atoms with Crippen molar-refractivity contribution in [2.75, 3.05) is 5.33 Å². The number of aromatic hydroxyl groups is 1. The van der Waals surface area contributed by atoms with Crippen LogP contribution in [-0.2, 0) is 0 Å². The summed E-state index contributed by atoms with van der Waals surface area (Å²) in [4.78, 5) is 10.7. The molecule has 3 heteroatoms. The van der Waals surface area contributed by atoms with E-state index >= 15 is 0 Å². The van der Waals surface area contributed by atoms with Gasteiger partial charge in [0.2, 0.25) is 0 Å². The molecule has 0 atom stereocenters. The summed E-state index contributed by atoms with van der Waals surface area (Å²) in [6.07, 6.45) is 7.34. The van der Waals surface area contributed by atoms with Gasteiger partial charge in [0.15, 0.2) is 5.78 Å². The minimum absolute atomic E-state index is 0.0316. The molecule has 0 aliphatic heterocycles. The van der Waals surface area contributed by atoms with E-state index in [-0.39, 0.29) is 11.5 Å². The van der Waals surface area contributed by atoms with Gasteiger partial charge in [0.1, 0.15) is 5.75 Å². The van der Waals surface area contributed by atoms with Crippen LogP contribution in [0.5, 0.6) is 5.75 Å². The molecule has 2 rings (SSSR count). The predicted octanol–water partition coefficient (Wildman–Crippen LogP) is 4.56. The first kappa shape index (κ1) is 15.2. The van der Waals surface area contributed by atoms with Gasteiger partial charge in [0, 0.05) is 10.9 Å². The largest absolute Gasteiger partial charge is 0.508 e. The molecule has 0 amide bonds. The second-order valence-electron chi connectivity index (χ2n) is 4.76. The van der Waals surface area contributed by atoms with Gasteiger partial charge in [0.05, 0.1) is 0 Å². The van der Waals surface area contributed by atoms with Gasteiger partial charge in [-0.25, -0.2) is 0 Å². The van der Waals surface area contributed by atoms with E-state index in [9.17, 15) is 4.79 Å². The van der Waals surface area contributed by atoms with Gasteiger partial charge in [-0.2, -0.15) is 0 Å². The van der Waals surface area contributed by atoms with Crippen LogP contribution >= 0.6 is 15.9 Å². The molecule has 2 nitrogen and oxygen atoms in total. The maximum Gasteiger partial charge on any atom is 0.159 e. The minimum Gasteiger partial charge on any atom is -0.508 e. The Balaban J connectivity index is 0.000000184. The lowest BCUT2D eigenvalue weighted by Gasteiger charge is -2.18. The molecule has 0 spiro atoms. The van der Waals surface area contributed by atoms with Gasteiger partial charge < -0.3 is 5.11 Å². The summed E-state index contributed by atoms with van der Waals surface area (Å²) >= 11 is 3.51. The highest BCUT2D eigenvalue weighted by atomic mass is 79.9. The summed E-state index contributed by atoms with van der Waals surface area (Å²) in [5.41, 5.74) is 0.542. The highest BCUT2D eigenvalue weighted by Crippen LogP contribution is 2.24. The van der Waals surface area contributed by atoms with Crippen LogP contribution in [0.4, 0.5) is 0 Å². The predicted molar refractivity (Wildman–Crippen MR) is 78.5 cm³/mol. The third-order valence-corrected chi connectivity index (χ3v) is 4.11. The number of carbonyl (C=O) groups excluding carboxylic acids is 1. The van der Waals surface area contributed by atoms with Gasteiger partial charge >= 0.3 is 0 Å². The fourth-order valence-corrected chi connectivity index (χ4v) is 2.71. The number of benzene rings is 1. The van der Waals surface area contributed by atoms with Crippen LogP contribution < -0.4 is 0 Å². The van der Waals surface area contributed by atoms with Crippen LogP contribution in [0.1, 0.15) is 49.4 Å². The van der Waals surface area contributed by atoms with E-state index in [1.54, 1.807) is 12.1 Å². The van der Waals surface area contributed by atoms with Crippen molar-refractivity contribution >= 4 is 21.7 Å². The maximum atomic E-state index is 10.7. The summed E-state index contributed by atoms with van der Waals surface area (Å²) in [6, 6.07) is 6.29. The number of phenols is 1. The number of alkyl halides is 1. The lowest BCUT2D eigenvalue weighted by atomic mass is 9.91. The molecule has 1 saturated carbocycles. The molecule has 18 heavy (non-hydrogen) atoms. The number of ketones is 1. The number of Topliss-reactive ketones (excluding diaryl/α,β-unsaturated/α-hetero) is 1. The number of hydrogen-bond donors (Lipinski definition) is 1. The summed E-state index contributed by atoms with van der Waals surface area (Å²) in [5, 5.41) is 10.1. The summed E-state index contributed by atoms with van der Waals surface area (Å²) in [5.74, 6) is 1.10. The third-order valence-electron chi connectivity index (χ3n) is 3.20. The Labute approximate surface area is 118 Å². The molecular formula is C15H21BrO2. The fraction of sp³-hybridized carbons (Fsp3) is 0.533.